The predicted octanol–water partition coefficient (Wildman–Crippen LogP) is 3.11. The molecule has 0 bridgehead atoms. The zero-order chi connectivity index (χ0) is 11.9. The van der Waals surface area contributed by atoms with Crippen LogP contribution in [0.5, 0.6) is 0 Å². The highest BCUT2D eigenvalue weighted by atomic mass is 79.9. The van der Waals surface area contributed by atoms with E-state index in [9.17, 15) is 5.26 Å². The summed E-state index contributed by atoms with van der Waals surface area (Å²) in [6, 6.07) is 8.79. The summed E-state index contributed by atoms with van der Waals surface area (Å²) in [6.07, 6.45) is 4.55. The first-order valence-electron chi connectivity index (χ1n) is 6.19. The standard InChI is InChI=1S/C14H15BrN2/c15-12-3-4-13-11(7-12)5-6-14(13,9-16)17-8-10-1-2-10/h3-4,7,10,17H,1-2,5-6,8H2. The lowest BCUT2D eigenvalue weighted by atomic mass is 9.93. The molecule has 0 amide bonds. The van der Waals surface area contributed by atoms with Crippen molar-refractivity contribution in [2.75, 3.05) is 6.54 Å². The molecular weight excluding hydrogens is 276 g/mol. The van der Waals surface area contributed by atoms with Gasteiger partial charge in [-0.05, 0) is 61.4 Å². The van der Waals surface area contributed by atoms with Crippen molar-refractivity contribution in [1.29, 1.82) is 5.26 Å². The Morgan fingerprint density at radius 1 is 1.47 bits per heavy atom. The monoisotopic (exact) mass is 290 g/mol. The smallest absolute Gasteiger partial charge is 0.132 e. The van der Waals surface area contributed by atoms with Crippen LogP contribution in [0.3, 0.4) is 0 Å². The first kappa shape index (κ1) is 11.3. The zero-order valence-electron chi connectivity index (χ0n) is 9.67. The van der Waals surface area contributed by atoms with Crippen LogP contribution < -0.4 is 5.32 Å². The highest BCUT2D eigenvalue weighted by molar-refractivity contribution is 9.10. The van der Waals surface area contributed by atoms with Gasteiger partial charge in [0.2, 0.25) is 0 Å². The van der Waals surface area contributed by atoms with Gasteiger partial charge in [0.15, 0.2) is 0 Å². The van der Waals surface area contributed by atoms with Crippen LogP contribution in [0, 0.1) is 17.2 Å². The highest BCUT2D eigenvalue weighted by Gasteiger charge is 2.39. The Labute approximate surface area is 110 Å². The fourth-order valence-corrected chi connectivity index (χ4v) is 3.03. The fourth-order valence-electron chi connectivity index (χ4n) is 2.62. The van der Waals surface area contributed by atoms with Gasteiger partial charge < -0.3 is 0 Å². The molecule has 0 aliphatic heterocycles. The molecule has 0 spiro atoms. The molecule has 0 heterocycles. The van der Waals surface area contributed by atoms with Crippen molar-refractivity contribution in [1.82, 2.24) is 5.32 Å². The number of nitrogens with one attached hydrogen (secondary N) is 1. The van der Waals surface area contributed by atoms with Gasteiger partial charge in [0.25, 0.3) is 0 Å². The Balaban J connectivity index is 1.89. The molecule has 0 saturated heterocycles. The van der Waals surface area contributed by atoms with Crippen LogP contribution in [0.4, 0.5) is 0 Å². The molecular formula is C14H15BrN2. The van der Waals surface area contributed by atoms with Crippen molar-refractivity contribution in [2.45, 2.75) is 31.2 Å². The van der Waals surface area contributed by atoms with Crippen LogP contribution in [-0.2, 0) is 12.0 Å². The number of aryl methyl sites for hydroxylation is 1. The Hall–Kier alpha value is -0.850. The summed E-state index contributed by atoms with van der Waals surface area (Å²) in [6.45, 7) is 0.989. The van der Waals surface area contributed by atoms with E-state index in [0.29, 0.717) is 0 Å². The first-order valence-corrected chi connectivity index (χ1v) is 6.98. The summed E-state index contributed by atoms with van der Waals surface area (Å²) < 4.78 is 1.10. The molecule has 1 N–H and O–H groups in total. The van der Waals surface area contributed by atoms with Gasteiger partial charge in [0.05, 0.1) is 6.07 Å². The number of hydrogen-bond donors (Lipinski definition) is 1. The molecule has 1 fully saturated rings. The normalized spacial score (nSPS) is 26.6. The second kappa shape index (κ2) is 4.12. The van der Waals surface area contributed by atoms with Gasteiger partial charge in [-0.25, -0.2) is 0 Å². The number of benzene rings is 1. The van der Waals surface area contributed by atoms with Crippen LogP contribution in [0.25, 0.3) is 0 Å². The lowest BCUT2D eigenvalue weighted by Crippen LogP contribution is -2.40. The molecule has 3 heteroatoms. The molecule has 1 aromatic carbocycles. The number of fused-ring (bicyclic) bond motifs is 1. The lowest BCUT2D eigenvalue weighted by molar-refractivity contribution is 0.415. The molecule has 2 nitrogen and oxygen atoms in total. The maximum Gasteiger partial charge on any atom is 0.132 e. The number of halogens is 1. The second-order valence-corrected chi connectivity index (χ2v) is 6.06. The van der Waals surface area contributed by atoms with Crippen molar-refractivity contribution in [3.05, 3.63) is 33.8 Å². The summed E-state index contributed by atoms with van der Waals surface area (Å²) in [5, 5.41) is 13.0. The van der Waals surface area contributed by atoms with E-state index in [2.05, 4.69) is 39.4 Å². The van der Waals surface area contributed by atoms with Crippen molar-refractivity contribution in [3.63, 3.8) is 0 Å². The Kier molecular flexibility index (Phi) is 2.72. The molecule has 0 radical (unpaired) electrons. The van der Waals surface area contributed by atoms with Crippen molar-refractivity contribution >= 4 is 15.9 Å². The molecule has 2 aliphatic carbocycles. The molecule has 17 heavy (non-hydrogen) atoms. The van der Waals surface area contributed by atoms with Gasteiger partial charge in [-0.3, -0.25) is 5.32 Å². The van der Waals surface area contributed by atoms with E-state index in [0.717, 1.165) is 29.8 Å². The average Bonchev–Trinajstić information content (AvgIpc) is 3.10. The molecule has 2 aliphatic rings. The number of nitrogens with zero attached hydrogens (tertiary/aromatic N) is 1. The maximum absolute atomic E-state index is 9.54. The van der Waals surface area contributed by atoms with Gasteiger partial charge in [-0.15, -0.1) is 0 Å². The predicted molar refractivity (Wildman–Crippen MR) is 70.5 cm³/mol. The third kappa shape index (κ3) is 2.00. The van der Waals surface area contributed by atoms with Crippen molar-refractivity contribution in [2.24, 2.45) is 5.92 Å². The summed E-state index contributed by atoms with van der Waals surface area (Å²) in [5.41, 5.74) is 2.06. The maximum atomic E-state index is 9.54. The molecule has 1 aromatic rings. The zero-order valence-corrected chi connectivity index (χ0v) is 11.3. The van der Waals surface area contributed by atoms with Crippen molar-refractivity contribution in [3.8, 4) is 6.07 Å². The van der Waals surface area contributed by atoms with Crippen LogP contribution in [0.1, 0.15) is 30.4 Å². The van der Waals surface area contributed by atoms with E-state index in [1.54, 1.807) is 0 Å². The van der Waals surface area contributed by atoms with Crippen LogP contribution in [-0.4, -0.2) is 6.54 Å². The fraction of sp³-hybridized carbons (Fsp3) is 0.500. The van der Waals surface area contributed by atoms with Crippen LogP contribution in [0.2, 0.25) is 0 Å². The summed E-state index contributed by atoms with van der Waals surface area (Å²) in [7, 11) is 0. The summed E-state index contributed by atoms with van der Waals surface area (Å²) in [5.74, 6) is 0.805. The number of hydrogen-bond acceptors (Lipinski definition) is 2. The minimum atomic E-state index is -0.432. The third-order valence-corrected chi connectivity index (χ3v) is 4.37. The van der Waals surface area contributed by atoms with E-state index in [4.69, 9.17) is 0 Å². The highest BCUT2D eigenvalue weighted by Crippen LogP contribution is 2.39. The van der Waals surface area contributed by atoms with Crippen molar-refractivity contribution < 1.29 is 0 Å². The van der Waals surface area contributed by atoms with Gasteiger partial charge in [-0.2, -0.15) is 5.26 Å². The molecule has 1 unspecified atom stereocenters. The topological polar surface area (TPSA) is 35.8 Å². The Morgan fingerprint density at radius 2 is 2.29 bits per heavy atom. The average molecular weight is 291 g/mol. The number of rotatable bonds is 3. The van der Waals surface area contributed by atoms with E-state index >= 15 is 0 Å². The van der Waals surface area contributed by atoms with E-state index in [-0.39, 0.29) is 0 Å². The molecule has 1 atom stereocenters. The third-order valence-electron chi connectivity index (χ3n) is 3.88. The van der Waals surface area contributed by atoms with E-state index in [1.165, 1.54) is 24.0 Å². The largest absolute Gasteiger partial charge is 0.295 e. The second-order valence-electron chi connectivity index (χ2n) is 5.14. The quantitative estimate of drug-likeness (QED) is 0.928. The van der Waals surface area contributed by atoms with E-state index in [1.807, 2.05) is 6.07 Å². The number of nitriles is 1. The van der Waals surface area contributed by atoms with Crippen LogP contribution in [0.15, 0.2) is 22.7 Å². The van der Waals surface area contributed by atoms with Gasteiger partial charge in [0.1, 0.15) is 5.54 Å². The molecule has 0 aromatic heterocycles. The van der Waals surface area contributed by atoms with Gasteiger partial charge >= 0.3 is 0 Å². The minimum Gasteiger partial charge on any atom is -0.295 e. The minimum absolute atomic E-state index is 0.432. The lowest BCUT2D eigenvalue weighted by Gasteiger charge is -2.24. The first-order chi connectivity index (χ1) is 8.23. The van der Waals surface area contributed by atoms with Gasteiger partial charge in [0, 0.05) is 4.47 Å². The molecule has 3 rings (SSSR count). The van der Waals surface area contributed by atoms with E-state index < -0.39 is 5.54 Å². The SMILES string of the molecule is N#CC1(NCC2CC2)CCc2cc(Br)ccc21. The van der Waals surface area contributed by atoms with Gasteiger partial charge in [-0.1, -0.05) is 22.0 Å². The Morgan fingerprint density at radius 3 is 3.00 bits per heavy atom. The summed E-state index contributed by atoms with van der Waals surface area (Å²) >= 11 is 3.49. The summed E-state index contributed by atoms with van der Waals surface area (Å²) in [4.78, 5) is 0. The molecule has 88 valence electrons. The Bertz CT molecular complexity index is 487. The van der Waals surface area contributed by atoms with Crippen LogP contribution >= 0.6 is 15.9 Å². The molecule has 1 saturated carbocycles.